The van der Waals surface area contributed by atoms with Crippen LogP contribution in [0.1, 0.15) is 21.6 Å². The molecule has 0 atom stereocenters. The van der Waals surface area contributed by atoms with Gasteiger partial charge in [-0.15, -0.1) is 0 Å². The van der Waals surface area contributed by atoms with Crippen LogP contribution in [0.25, 0.3) is 0 Å². The van der Waals surface area contributed by atoms with Gasteiger partial charge in [0.1, 0.15) is 5.82 Å². The molecule has 22 heavy (non-hydrogen) atoms. The molecule has 1 aliphatic heterocycles. The van der Waals surface area contributed by atoms with Crippen molar-refractivity contribution < 1.29 is 14.5 Å². The van der Waals surface area contributed by atoms with E-state index in [1.54, 1.807) is 11.7 Å². The number of nitro benzene ring substituents is 1. The first kappa shape index (κ1) is 14.2. The predicted molar refractivity (Wildman–Crippen MR) is 77.6 cm³/mol. The summed E-state index contributed by atoms with van der Waals surface area (Å²) < 4.78 is 7.01. The smallest absolute Gasteiger partial charge is 0.269 e. The lowest BCUT2D eigenvalue weighted by Gasteiger charge is -2.13. The zero-order chi connectivity index (χ0) is 15.7. The average molecular weight is 302 g/mol. The maximum absolute atomic E-state index is 12.3. The Morgan fingerprint density at radius 1 is 1.41 bits per heavy atom. The van der Waals surface area contributed by atoms with E-state index in [1.807, 2.05) is 0 Å². The molecule has 8 nitrogen and oxygen atoms in total. The maximum atomic E-state index is 12.3. The lowest BCUT2D eigenvalue weighted by atomic mass is 10.1. The van der Waals surface area contributed by atoms with Gasteiger partial charge >= 0.3 is 0 Å². The molecule has 3 rings (SSSR count). The summed E-state index contributed by atoms with van der Waals surface area (Å²) in [6, 6.07) is 5.45. The van der Waals surface area contributed by atoms with E-state index < -0.39 is 4.92 Å². The van der Waals surface area contributed by atoms with E-state index in [0.717, 1.165) is 17.7 Å². The van der Waals surface area contributed by atoms with Crippen molar-refractivity contribution in [2.24, 2.45) is 7.05 Å². The van der Waals surface area contributed by atoms with Gasteiger partial charge < -0.3 is 10.1 Å². The number of ether oxygens (including phenoxy) is 1. The van der Waals surface area contributed by atoms with Crippen LogP contribution >= 0.6 is 0 Å². The summed E-state index contributed by atoms with van der Waals surface area (Å²) in [6.45, 7) is 1.04. The topological polar surface area (TPSA) is 99.3 Å². The van der Waals surface area contributed by atoms with E-state index in [1.165, 1.54) is 24.3 Å². The number of nitrogens with zero attached hydrogens (tertiary/aromatic N) is 3. The molecule has 0 aliphatic carbocycles. The van der Waals surface area contributed by atoms with Gasteiger partial charge in [-0.3, -0.25) is 19.6 Å². The quantitative estimate of drug-likeness (QED) is 0.686. The number of nitrogens with one attached hydrogen (secondary N) is 1. The highest BCUT2D eigenvalue weighted by Gasteiger charge is 2.21. The Morgan fingerprint density at radius 3 is 2.82 bits per heavy atom. The van der Waals surface area contributed by atoms with Crippen molar-refractivity contribution in [3.63, 3.8) is 0 Å². The number of fused-ring (bicyclic) bond motifs is 1. The Labute approximate surface area is 125 Å². The number of anilines is 1. The van der Waals surface area contributed by atoms with Crippen LogP contribution < -0.4 is 5.32 Å². The fourth-order valence-electron chi connectivity index (χ4n) is 2.39. The minimum absolute atomic E-state index is 0.0529. The highest BCUT2D eigenvalue weighted by molar-refractivity contribution is 6.04. The molecule has 0 saturated heterocycles. The third kappa shape index (κ3) is 2.56. The first-order valence-electron chi connectivity index (χ1n) is 6.74. The summed E-state index contributed by atoms with van der Waals surface area (Å²) in [4.78, 5) is 22.4. The van der Waals surface area contributed by atoms with Crippen molar-refractivity contribution in [1.29, 1.82) is 0 Å². The van der Waals surface area contributed by atoms with Crippen LogP contribution in [0.2, 0.25) is 0 Å². The molecule has 0 spiro atoms. The maximum Gasteiger partial charge on any atom is 0.269 e. The SMILES string of the molecule is Cn1nc2c(c1NC(=O)c1ccc([N+](=O)[O-])cc1)COCC2. The van der Waals surface area contributed by atoms with E-state index in [2.05, 4.69) is 10.4 Å². The lowest BCUT2D eigenvalue weighted by molar-refractivity contribution is -0.384. The van der Waals surface area contributed by atoms with E-state index in [4.69, 9.17) is 4.74 Å². The number of non-ortho nitro benzene ring substituents is 1. The van der Waals surface area contributed by atoms with Gasteiger partial charge in [-0.25, -0.2) is 0 Å². The second-order valence-corrected chi connectivity index (χ2v) is 4.96. The largest absolute Gasteiger partial charge is 0.376 e. The molecule has 8 heteroatoms. The second-order valence-electron chi connectivity index (χ2n) is 4.96. The minimum atomic E-state index is -0.503. The van der Waals surface area contributed by atoms with Gasteiger partial charge in [-0.2, -0.15) is 5.10 Å². The second kappa shape index (κ2) is 5.57. The highest BCUT2D eigenvalue weighted by atomic mass is 16.6. The van der Waals surface area contributed by atoms with Crippen LogP contribution in [0.3, 0.4) is 0 Å². The molecule has 0 unspecified atom stereocenters. The van der Waals surface area contributed by atoms with Gasteiger partial charge in [0, 0.05) is 36.7 Å². The van der Waals surface area contributed by atoms with Crippen LogP contribution in [-0.2, 0) is 24.8 Å². The van der Waals surface area contributed by atoms with Crippen LogP contribution in [-0.4, -0.2) is 27.2 Å². The van der Waals surface area contributed by atoms with Crippen LogP contribution in [0.5, 0.6) is 0 Å². The van der Waals surface area contributed by atoms with Crippen molar-refractivity contribution in [3.8, 4) is 0 Å². The number of benzene rings is 1. The fourth-order valence-corrected chi connectivity index (χ4v) is 2.39. The summed E-state index contributed by atoms with van der Waals surface area (Å²) in [5.41, 5.74) is 2.09. The summed E-state index contributed by atoms with van der Waals surface area (Å²) >= 11 is 0. The molecule has 2 heterocycles. The summed E-state index contributed by atoms with van der Waals surface area (Å²) in [6.07, 6.45) is 0.719. The Bertz CT molecular complexity index is 736. The number of aryl methyl sites for hydroxylation is 1. The number of hydrogen-bond acceptors (Lipinski definition) is 5. The highest BCUT2D eigenvalue weighted by Crippen LogP contribution is 2.24. The van der Waals surface area contributed by atoms with Crippen molar-refractivity contribution >= 4 is 17.4 Å². The van der Waals surface area contributed by atoms with Gasteiger partial charge in [0.15, 0.2) is 0 Å². The molecule has 0 bridgehead atoms. The monoisotopic (exact) mass is 302 g/mol. The molecular weight excluding hydrogens is 288 g/mol. The number of hydrogen-bond donors (Lipinski definition) is 1. The fraction of sp³-hybridized carbons (Fsp3) is 0.286. The first-order valence-corrected chi connectivity index (χ1v) is 6.74. The molecule has 0 fully saturated rings. The number of aromatic nitrogens is 2. The van der Waals surface area contributed by atoms with Gasteiger partial charge in [0.25, 0.3) is 11.6 Å². The van der Waals surface area contributed by atoms with E-state index in [-0.39, 0.29) is 11.6 Å². The molecule has 1 N–H and O–H groups in total. The third-order valence-electron chi connectivity index (χ3n) is 3.53. The number of nitro groups is 1. The molecule has 0 radical (unpaired) electrons. The van der Waals surface area contributed by atoms with E-state index in [0.29, 0.717) is 24.6 Å². The average Bonchev–Trinajstić information content (AvgIpc) is 2.83. The Balaban J connectivity index is 1.82. The standard InChI is InChI=1S/C14H14N4O4/c1-17-13(11-8-22-7-6-12(11)16-17)15-14(19)9-2-4-10(5-3-9)18(20)21/h2-5H,6-8H2,1H3,(H,15,19). The molecule has 0 saturated carbocycles. The number of carbonyl (C=O) groups excluding carboxylic acids is 1. The van der Waals surface area contributed by atoms with E-state index >= 15 is 0 Å². The zero-order valence-electron chi connectivity index (χ0n) is 11.9. The van der Waals surface area contributed by atoms with Gasteiger partial charge in [-0.05, 0) is 12.1 Å². The Kier molecular flexibility index (Phi) is 3.60. The number of amides is 1. The van der Waals surface area contributed by atoms with Crippen molar-refractivity contribution in [3.05, 3.63) is 51.2 Å². The Hall–Kier alpha value is -2.74. The predicted octanol–water partition coefficient (Wildman–Crippen LogP) is 1.65. The number of carbonyl (C=O) groups is 1. The summed E-state index contributed by atoms with van der Waals surface area (Å²) in [5.74, 6) is 0.254. The molecule has 1 aliphatic rings. The normalized spacial score (nSPS) is 13.5. The number of rotatable bonds is 3. The van der Waals surface area contributed by atoms with Crippen molar-refractivity contribution in [1.82, 2.24) is 9.78 Å². The van der Waals surface area contributed by atoms with Crippen LogP contribution in [0.15, 0.2) is 24.3 Å². The summed E-state index contributed by atoms with van der Waals surface area (Å²) in [7, 11) is 1.75. The molecule has 2 aromatic rings. The minimum Gasteiger partial charge on any atom is -0.376 e. The van der Waals surface area contributed by atoms with Crippen LogP contribution in [0.4, 0.5) is 11.5 Å². The van der Waals surface area contributed by atoms with Crippen LogP contribution in [0, 0.1) is 10.1 Å². The Morgan fingerprint density at radius 2 is 2.14 bits per heavy atom. The molecule has 1 aromatic carbocycles. The molecular formula is C14H14N4O4. The summed E-state index contributed by atoms with van der Waals surface area (Å²) in [5, 5.41) is 17.8. The zero-order valence-corrected chi connectivity index (χ0v) is 11.9. The van der Waals surface area contributed by atoms with Gasteiger partial charge in [-0.1, -0.05) is 0 Å². The molecule has 1 aromatic heterocycles. The van der Waals surface area contributed by atoms with Crippen molar-refractivity contribution in [2.45, 2.75) is 13.0 Å². The first-order chi connectivity index (χ1) is 10.6. The molecule has 1 amide bonds. The molecule has 114 valence electrons. The van der Waals surface area contributed by atoms with Gasteiger partial charge in [0.2, 0.25) is 0 Å². The van der Waals surface area contributed by atoms with Crippen molar-refractivity contribution in [2.75, 3.05) is 11.9 Å². The van der Waals surface area contributed by atoms with E-state index in [9.17, 15) is 14.9 Å². The third-order valence-corrected chi connectivity index (χ3v) is 3.53. The lowest BCUT2D eigenvalue weighted by Crippen LogP contribution is -2.16. The van der Waals surface area contributed by atoms with Gasteiger partial charge in [0.05, 0.1) is 23.8 Å².